The molecular weight excluding hydrogens is 642 g/mol. The maximum atomic E-state index is 10.8. The molecule has 0 aliphatic carbocycles. The highest BCUT2D eigenvalue weighted by Gasteiger charge is 2.11. The van der Waals surface area contributed by atoms with Gasteiger partial charge in [0.1, 0.15) is 5.75 Å². The summed E-state index contributed by atoms with van der Waals surface area (Å²) in [4.78, 5) is 11.8. The van der Waals surface area contributed by atoms with E-state index in [2.05, 4.69) is 30.3 Å². The Labute approximate surface area is 274 Å². The van der Waals surface area contributed by atoms with Crippen LogP contribution in [0.1, 0.15) is 11.1 Å². The molecule has 0 aliphatic heterocycles. The average Bonchev–Trinajstić information content (AvgIpc) is 3.01. The standard InChI is InChI=1S/C35H24Cl4O3S/c36-26-9-15-33(38)31(19-26)24-5-1-22(2-6-24)30(17-18-43-29-13-11-28(12-14-29)42-21-35(40)41)23-3-7-25(8-4-23)32-20-27(37)10-16-34(32)39/h1-17,19-20H,18,21H2,(H,40,41). The van der Waals surface area contributed by atoms with Gasteiger partial charge in [-0.1, -0.05) is 101 Å². The quantitative estimate of drug-likeness (QED) is 0.151. The van der Waals surface area contributed by atoms with Crippen molar-refractivity contribution < 1.29 is 14.6 Å². The Balaban J connectivity index is 1.43. The molecule has 5 aromatic rings. The summed E-state index contributed by atoms with van der Waals surface area (Å²) in [5, 5.41) is 11.4. The van der Waals surface area contributed by atoms with Gasteiger partial charge >= 0.3 is 5.97 Å². The lowest BCUT2D eigenvalue weighted by Crippen LogP contribution is -2.09. The summed E-state index contributed by atoms with van der Waals surface area (Å²) in [5.74, 6) is 0.209. The molecule has 0 atom stereocenters. The summed E-state index contributed by atoms with van der Waals surface area (Å²) in [5.41, 5.74) is 6.87. The van der Waals surface area contributed by atoms with Gasteiger partial charge in [0.2, 0.25) is 0 Å². The fourth-order valence-corrected chi connectivity index (χ4v) is 6.07. The number of thioether (sulfide) groups is 1. The van der Waals surface area contributed by atoms with E-state index in [4.69, 9.17) is 56.2 Å². The molecule has 5 aromatic carbocycles. The maximum absolute atomic E-state index is 10.8. The van der Waals surface area contributed by atoms with Crippen molar-refractivity contribution in [3.63, 3.8) is 0 Å². The highest BCUT2D eigenvalue weighted by atomic mass is 35.5. The first kappa shape index (κ1) is 31.1. The normalized spacial score (nSPS) is 10.8. The molecule has 0 saturated carbocycles. The van der Waals surface area contributed by atoms with E-state index in [9.17, 15) is 4.79 Å². The van der Waals surface area contributed by atoms with Crippen LogP contribution in [0.2, 0.25) is 20.1 Å². The minimum atomic E-state index is -1.01. The number of rotatable bonds is 10. The van der Waals surface area contributed by atoms with Crippen LogP contribution in [0.15, 0.2) is 120 Å². The van der Waals surface area contributed by atoms with Gasteiger partial charge in [-0.3, -0.25) is 0 Å². The molecule has 0 unspecified atom stereocenters. The molecular formula is C35H24Cl4O3S. The van der Waals surface area contributed by atoms with Crippen molar-refractivity contribution in [2.75, 3.05) is 12.4 Å². The Hall–Kier alpha value is -3.38. The molecule has 0 saturated heterocycles. The van der Waals surface area contributed by atoms with E-state index in [0.717, 1.165) is 43.8 Å². The summed E-state index contributed by atoms with van der Waals surface area (Å²) < 4.78 is 5.24. The maximum Gasteiger partial charge on any atom is 0.341 e. The van der Waals surface area contributed by atoms with Crippen molar-refractivity contribution in [2.45, 2.75) is 4.90 Å². The molecule has 0 amide bonds. The van der Waals surface area contributed by atoms with Gasteiger partial charge < -0.3 is 9.84 Å². The molecule has 0 heterocycles. The van der Waals surface area contributed by atoms with Gasteiger partial charge in [0.15, 0.2) is 6.61 Å². The summed E-state index contributed by atoms with van der Waals surface area (Å²) in [6.45, 7) is -0.372. The van der Waals surface area contributed by atoms with Crippen LogP contribution in [0.5, 0.6) is 5.75 Å². The van der Waals surface area contributed by atoms with Gasteiger partial charge in [-0.05, 0) is 88.5 Å². The number of benzene rings is 5. The second-order valence-electron chi connectivity index (χ2n) is 9.49. The lowest BCUT2D eigenvalue weighted by molar-refractivity contribution is -0.139. The van der Waals surface area contributed by atoms with E-state index in [1.807, 2.05) is 48.5 Å². The highest BCUT2D eigenvalue weighted by Crippen LogP contribution is 2.35. The second-order valence-corrected chi connectivity index (χ2v) is 12.3. The number of halogens is 4. The number of carbonyl (C=O) groups is 1. The molecule has 0 spiro atoms. The molecule has 1 N–H and O–H groups in total. The van der Waals surface area contributed by atoms with Crippen molar-refractivity contribution in [3.8, 4) is 28.0 Å². The van der Waals surface area contributed by atoms with Gasteiger partial charge in [-0.2, -0.15) is 0 Å². The molecule has 0 aliphatic rings. The number of carboxylic acid groups (broad SMARTS) is 1. The zero-order valence-electron chi connectivity index (χ0n) is 22.6. The van der Waals surface area contributed by atoms with Gasteiger partial charge in [-0.15, -0.1) is 11.8 Å². The van der Waals surface area contributed by atoms with Crippen molar-refractivity contribution in [2.24, 2.45) is 0 Å². The Kier molecular flexibility index (Phi) is 10.4. The third-order valence-corrected chi connectivity index (χ3v) is 8.66. The molecule has 43 heavy (non-hydrogen) atoms. The van der Waals surface area contributed by atoms with Crippen molar-refractivity contribution in [1.29, 1.82) is 0 Å². The van der Waals surface area contributed by atoms with Crippen LogP contribution in [0.3, 0.4) is 0 Å². The molecule has 3 nitrogen and oxygen atoms in total. The molecule has 0 radical (unpaired) electrons. The van der Waals surface area contributed by atoms with Crippen molar-refractivity contribution >= 4 is 69.7 Å². The Morgan fingerprint density at radius 2 is 1.16 bits per heavy atom. The van der Waals surface area contributed by atoms with Gasteiger partial charge in [0.25, 0.3) is 0 Å². The van der Waals surface area contributed by atoms with Gasteiger partial charge in [0.05, 0.1) is 0 Å². The van der Waals surface area contributed by atoms with E-state index in [-0.39, 0.29) is 6.61 Å². The largest absolute Gasteiger partial charge is 0.482 e. The zero-order chi connectivity index (χ0) is 30.3. The fourth-order valence-electron chi connectivity index (χ4n) is 4.50. The Morgan fingerprint density at radius 3 is 1.63 bits per heavy atom. The lowest BCUT2D eigenvalue weighted by atomic mass is 9.94. The summed E-state index contributed by atoms with van der Waals surface area (Å²) in [7, 11) is 0. The van der Waals surface area contributed by atoms with E-state index in [0.29, 0.717) is 31.6 Å². The predicted molar refractivity (Wildman–Crippen MR) is 181 cm³/mol. The summed E-state index contributed by atoms with van der Waals surface area (Å²) >= 11 is 27.0. The molecule has 0 fully saturated rings. The average molecular weight is 666 g/mol. The number of hydrogen-bond acceptors (Lipinski definition) is 3. The summed E-state index contributed by atoms with van der Waals surface area (Å²) in [6, 6.07) is 34.8. The number of ether oxygens (including phenoxy) is 1. The molecule has 5 rings (SSSR count). The van der Waals surface area contributed by atoms with Crippen LogP contribution in [0, 0.1) is 0 Å². The first-order chi connectivity index (χ1) is 20.8. The minimum absolute atomic E-state index is 0.372. The smallest absolute Gasteiger partial charge is 0.341 e. The Bertz CT molecular complexity index is 1670. The van der Waals surface area contributed by atoms with Crippen LogP contribution in [0.25, 0.3) is 27.8 Å². The summed E-state index contributed by atoms with van der Waals surface area (Å²) in [6.07, 6.45) is 2.20. The fraction of sp³-hybridized carbons (Fsp3) is 0.0571. The molecule has 8 heteroatoms. The monoisotopic (exact) mass is 664 g/mol. The number of carboxylic acids is 1. The Morgan fingerprint density at radius 1 is 0.674 bits per heavy atom. The molecule has 0 aromatic heterocycles. The first-order valence-corrected chi connectivity index (χ1v) is 15.7. The third-order valence-electron chi connectivity index (χ3n) is 6.59. The van der Waals surface area contributed by atoms with Crippen LogP contribution < -0.4 is 4.74 Å². The molecule has 0 bridgehead atoms. The van der Waals surface area contributed by atoms with Crippen molar-refractivity contribution in [1.82, 2.24) is 0 Å². The van der Waals surface area contributed by atoms with E-state index < -0.39 is 5.97 Å². The predicted octanol–water partition coefficient (Wildman–Crippen LogP) is 11.3. The SMILES string of the molecule is O=C(O)COc1ccc(SCC=C(c2ccc(-c3cc(Cl)ccc3Cl)cc2)c2ccc(-c3cc(Cl)ccc3Cl)cc2)cc1. The third kappa shape index (κ3) is 8.17. The van der Waals surface area contributed by atoms with Crippen LogP contribution >= 0.6 is 58.2 Å². The zero-order valence-corrected chi connectivity index (χ0v) is 26.4. The van der Waals surface area contributed by atoms with Crippen LogP contribution in [-0.2, 0) is 4.79 Å². The van der Waals surface area contributed by atoms with Crippen molar-refractivity contribution in [3.05, 3.63) is 146 Å². The van der Waals surface area contributed by atoms with E-state index in [1.165, 1.54) is 0 Å². The van der Waals surface area contributed by atoms with E-state index in [1.54, 1.807) is 48.2 Å². The minimum Gasteiger partial charge on any atom is -0.482 e. The first-order valence-electron chi connectivity index (χ1n) is 13.2. The highest BCUT2D eigenvalue weighted by molar-refractivity contribution is 7.99. The van der Waals surface area contributed by atoms with E-state index >= 15 is 0 Å². The number of aliphatic carboxylic acids is 1. The van der Waals surface area contributed by atoms with Gasteiger partial charge in [0, 0.05) is 41.9 Å². The molecule has 216 valence electrons. The van der Waals surface area contributed by atoms with Gasteiger partial charge in [-0.25, -0.2) is 4.79 Å². The van der Waals surface area contributed by atoms with Crippen LogP contribution in [0.4, 0.5) is 0 Å². The number of hydrogen-bond donors (Lipinski definition) is 1. The lowest BCUT2D eigenvalue weighted by Gasteiger charge is -2.13. The van der Waals surface area contributed by atoms with Crippen LogP contribution in [-0.4, -0.2) is 23.4 Å². The second kappa shape index (κ2) is 14.4. The topological polar surface area (TPSA) is 46.5 Å².